The largest absolute Gasteiger partial charge is 0.348 e. The van der Waals surface area contributed by atoms with Crippen LogP contribution in [0.2, 0.25) is 0 Å². The maximum absolute atomic E-state index is 13.2. The summed E-state index contributed by atoms with van der Waals surface area (Å²) in [5.74, 6) is 0.136. The van der Waals surface area contributed by atoms with Crippen LogP contribution >= 0.6 is 22.7 Å². The molecule has 4 nitrogen and oxygen atoms in total. The summed E-state index contributed by atoms with van der Waals surface area (Å²) in [4.78, 5) is 31.6. The van der Waals surface area contributed by atoms with Gasteiger partial charge in [0, 0.05) is 32.1 Å². The molecule has 0 saturated carbocycles. The van der Waals surface area contributed by atoms with Crippen molar-refractivity contribution in [2.24, 2.45) is 5.41 Å². The van der Waals surface area contributed by atoms with Crippen molar-refractivity contribution < 1.29 is 9.59 Å². The van der Waals surface area contributed by atoms with Gasteiger partial charge in [-0.25, -0.2) is 0 Å². The van der Waals surface area contributed by atoms with E-state index in [-0.39, 0.29) is 11.8 Å². The molecule has 1 fully saturated rings. The van der Waals surface area contributed by atoms with Gasteiger partial charge in [-0.05, 0) is 65.4 Å². The van der Waals surface area contributed by atoms with E-state index in [1.807, 2.05) is 24.0 Å². The van der Waals surface area contributed by atoms with E-state index in [4.69, 9.17) is 0 Å². The maximum atomic E-state index is 13.2. The SMILES string of the molecule is Cc1ccc(C(=O)N2CC[C@](Cc3ccc(-c4ccsc4)cc3)(C(=O)N(C)C)C2)s1. The van der Waals surface area contributed by atoms with Gasteiger partial charge in [-0.3, -0.25) is 9.59 Å². The van der Waals surface area contributed by atoms with Crippen LogP contribution in [0.3, 0.4) is 0 Å². The average Bonchev–Trinajstić information content (AvgIpc) is 3.49. The zero-order chi connectivity index (χ0) is 21.3. The van der Waals surface area contributed by atoms with Crippen molar-refractivity contribution in [1.29, 1.82) is 0 Å². The van der Waals surface area contributed by atoms with Crippen LogP contribution in [0.25, 0.3) is 11.1 Å². The van der Waals surface area contributed by atoms with E-state index in [0.717, 1.165) is 15.3 Å². The van der Waals surface area contributed by atoms with Crippen LogP contribution < -0.4 is 0 Å². The van der Waals surface area contributed by atoms with E-state index < -0.39 is 5.41 Å². The number of amides is 2. The number of hydrogen-bond acceptors (Lipinski definition) is 4. The minimum Gasteiger partial charge on any atom is -0.348 e. The molecule has 0 unspecified atom stereocenters. The molecular formula is C24H26N2O2S2. The third-order valence-electron chi connectivity index (χ3n) is 5.80. The topological polar surface area (TPSA) is 40.6 Å². The second-order valence-corrected chi connectivity index (χ2v) is 10.3. The number of hydrogen-bond donors (Lipinski definition) is 0. The van der Waals surface area contributed by atoms with Crippen molar-refractivity contribution in [3.05, 3.63) is 68.5 Å². The highest BCUT2D eigenvalue weighted by atomic mass is 32.1. The maximum Gasteiger partial charge on any atom is 0.263 e. The normalized spacial score (nSPS) is 18.6. The Hall–Kier alpha value is -2.44. The summed E-state index contributed by atoms with van der Waals surface area (Å²) in [6.45, 7) is 3.08. The van der Waals surface area contributed by atoms with Crippen molar-refractivity contribution in [1.82, 2.24) is 9.80 Å². The minimum atomic E-state index is -0.574. The number of carbonyl (C=O) groups is 2. The van der Waals surface area contributed by atoms with E-state index >= 15 is 0 Å². The fourth-order valence-corrected chi connectivity index (χ4v) is 5.75. The zero-order valence-electron chi connectivity index (χ0n) is 17.6. The molecule has 1 aliphatic rings. The molecule has 156 valence electrons. The van der Waals surface area contributed by atoms with Gasteiger partial charge in [0.2, 0.25) is 5.91 Å². The van der Waals surface area contributed by atoms with Crippen LogP contribution in [-0.2, 0) is 11.2 Å². The Morgan fingerprint density at radius 2 is 1.83 bits per heavy atom. The van der Waals surface area contributed by atoms with Gasteiger partial charge < -0.3 is 9.80 Å². The van der Waals surface area contributed by atoms with Crippen molar-refractivity contribution in [2.45, 2.75) is 19.8 Å². The van der Waals surface area contributed by atoms with Crippen LogP contribution in [0.5, 0.6) is 0 Å². The highest BCUT2D eigenvalue weighted by molar-refractivity contribution is 7.13. The Morgan fingerprint density at radius 3 is 2.43 bits per heavy atom. The standard InChI is InChI=1S/C24H26N2O2S2/c1-17-4-9-21(30-17)22(27)26-12-11-24(16-26,23(28)25(2)3)14-18-5-7-19(8-6-18)20-10-13-29-15-20/h4-10,13,15H,11-12,14,16H2,1-3H3/t24-/m1/s1. The van der Waals surface area contributed by atoms with Crippen LogP contribution in [0.15, 0.2) is 53.2 Å². The third kappa shape index (κ3) is 4.07. The number of aryl methyl sites for hydroxylation is 1. The lowest BCUT2D eigenvalue weighted by Gasteiger charge is -2.31. The van der Waals surface area contributed by atoms with Gasteiger partial charge in [-0.1, -0.05) is 24.3 Å². The summed E-state index contributed by atoms with van der Waals surface area (Å²) >= 11 is 3.20. The first-order valence-corrected chi connectivity index (χ1v) is 11.8. The van der Waals surface area contributed by atoms with E-state index in [1.165, 1.54) is 22.5 Å². The molecule has 30 heavy (non-hydrogen) atoms. The van der Waals surface area contributed by atoms with Crippen LogP contribution in [-0.4, -0.2) is 48.8 Å². The molecule has 3 aromatic rings. The first kappa shape index (κ1) is 20.8. The number of likely N-dealkylation sites (tertiary alicyclic amines) is 1. The molecule has 1 atom stereocenters. The molecule has 0 radical (unpaired) electrons. The summed E-state index contributed by atoms with van der Waals surface area (Å²) in [6, 6.07) is 14.5. The number of nitrogens with zero attached hydrogens (tertiary/aromatic N) is 2. The quantitative estimate of drug-likeness (QED) is 0.566. The van der Waals surface area contributed by atoms with Crippen molar-refractivity contribution in [2.75, 3.05) is 27.2 Å². The minimum absolute atomic E-state index is 0.0364. The summed E-state index contributed by atoms with van der Waals surface area (Å²) in [7, 11) is 3.60. The predicted molar refractivity (Wildman–Crippen MR) is 124 cm³/mol. The van der Waals surface area contributed by atoms with Gasteiger partial charge >= 0.3 is 0 Å². The molecule has 3 heterocycles. The molecule has 0 N–H and O–H groups in total. The first-order valence-electron chi connectivity index (χ1n) is 10.1. The molecule has 0 bridgehead atoms. The lowest BCUT2D eigenvalue weighted by Crippen LogP contribution is -2.44. The summed E-state index contributed by atoms with van der Waals surface area (Å²) < 4.78 is 0. The van der Waals surface area contributed by atoms with Crippen LogP contribution in [0.4, 0.5) is 0 Å². The Labute approximate surface area is 185 Å². The third-order valence-corrected chi connectivity index (χ3v) is 7.47. The Morgan fingerprint density at radius 1 is 1.07 bits per heavy atom. The van der Waals surface area contributed by atoms with E-state index in [0.29, 0.717) is 25.9 Å². The Bertz CT molecular complexity index is 1040. The molecule has 6 heteroatoms. The van der Waals surface area contributed by atoms with E-state index in [1.54, 1.807) is 30.3 Å². The van der Waals surface area contributed by atoms with Crippen LogP contribution in [0, 0.1) is 12.3 Å². The smallest absolute Gasteiger partial charge is 0.263 e. The van der Waals surface area contributed by atoms with Gasteiger partial charge in [-0.15, -0.1) is 11.3 Å². The number of rotatable bonds is 5. The highest BCUT2D eigenvalue weighted by Crippen LogP contribution is 2.37. The molecular weight excluding hydrogens is 412 g/mol. The van der Waals surface area contributed by atoms with Crippen molar-refractivity contribution in [3.63, 3.8) is 0 Å². The monoisotopic (exact) mass is 438 g/mol. The Kier molecular flexibility index (Phi) is 5.80. The highest BCUT2D eigenvalue weighted by Gasteiger charge is 2.47. The fraction of sp³-hybridized carbons (Fsp3) is 0.333. The molecule has 0 spiro atoms. The zero-order valence-corrected chi connectivity index (χ0v) is 19.2. The van der Waals surface area contributed by atoms with Gasteiger partial charge in [0.15, 0.2) is 0 Å². The van der Waals surface area contributed by atoms with Crippen molar-refractivity contribution >= 4 is 34.5 Å². The van der Waals surface area contributed by atoms with Gasteiger partial charge in [-0.2, -0.15) is 11.3 Å². The summed E-state index contributed by atoms with van der Waals surface area (Å²) in [5, 5.41) is 4.21. The molecule has 1 aliphatic heterocycles. The second kappa shape index (κ2) is 8.36. The summed E-state index contributed by atoms with van der Waals surface area (Å²) in [6.07, 6.45) is 1.33. The van der Waals surface area contributed by atoms with Crippen LogP contribution in [0.1, 0.15) is 26.5 Å². The number of thiophene rings is 2. The van der Waals surface area contributed by atoms with E-state index in [9.17, 15) is 9.59 Å². The molecule has 0 aliphatic carbocycles. The van der Waals surface area contributed by atoms with Crippen molar-refractivity contribution in [3.8, 4) is 11.1 Å². The summed E-state index contributed by atoms with van der Waals surface area (Å²) in [5.41, 5.74) is 2.96. The molecule has 2 amide bonds. The molecule has 4 rings (SSSR count). The predicted octanol–water partition coefficient (Wildman–Crippen LogP) is 4.95. The second-order valence-electron chi connectivity index (χ2n) is 8.25. The number of carbonyl (C=O) groups excluding carboxylic acids is 2. The molecule has 1 saturated heterocycles. The van der Waals surface area contributed by atoms with Gasteiger partial charge in [0.25, 0.3) is 5.91 Å². The van der Waals surface area contributed by atoms with E-state index in [2.05, 4.69) is 41.1 Å². The molecule has 2 aromatic heterocycles. The fourth-order valence-electron chi connectivity index (χ4n) is 4.25. The Balaban J connectivity index is 1.56. The lowest BCUT2D eigenvalue weighted by atomic mass is 9.79. The average molecular weight is 439 g/mol. The first-order chi connectivity index (χ1) is 14.4. The number of benzene rings is 1. The van der Waals surface area contributed by atoms with Gasteiger partial charge in [0.05, 0.1) is 10.3 Å². The van der Waals surface area contributed by atoms with Gasteiger partial charge in [0.1, 0.15) is 0 Å². The lowest BCUT2D eigenvalue weighted by molar-refractivity contribution is -0.138. The molecule has 1 aromatic carbocycles.